The second-order valence-corrected chi connectivity index (χ2v) is 4.87. The summed E-state index contributed by atoms with van der Waals surface area (Å²) in [6.45, 7) is 2.74. The van der Waals surface area contributed by atoms with Gasteiger partial charge in [0.25, 0.3) is 0 Å². The second-order valence-electron chi connectivity index (χ2n) is 3.05. The first-order valence-electron chi connectivity index (χ1n) is 4.51. The third-order valence-corrected chi connectivity index (χ3v) is 3.34. The van der Waals surface area contributed by atoms with Crippen molar-refractivity contribution in [3.63, 3.8) is 0 Å². The zero-order chi connectivity index (χ0) is 10.7. The maximum atomic E-state index is 4.38. The Morgan fingerprint density at radius 2 is 2.40 bits per heavy atom. The van der Waals surface area contributed by atoms with Crippen LogP contribution in [-0.2, 0) is 6.54 Å². The van der Waals surface area contributed by atoms with Crippen molar-refractivity contribution in [2.45, 2.75) is 13.5 Å². The summed E-state index contributed by atoms with van der Waals surface area (Å²) >= 11 is 5.05. The SMILES string of the molecule is Cc1nc(CNc2cccnc2Br)cs1. The van der Waals surface area contributed by atoms with Crippen molar-refractivity contribution in [1.29, 1.82) is 0 Å². The molecule has 0 bridgehead atoms. The van der Waals surface area contributed by atoms with Crippen molar-refractivity contribution in [3.05, 3.63) is 39.0 Å². The van der Waals surface area contributed by atoms with Crippen LogP contribution in [0.2, 0.25) is 0 Å². The van der Waals surface area contributed by atoms with Crippen LogP contribution in [-0.4, -0.2) is 9.97 Å². The van der Waals surface area contributed by atoms with E-state index in [-0.39, 0.29) is 0 Å². The van der Waals surface area contributed by atoms with Crippen LogP contribution in [0.5, 0.6) is 0 Å². The Morgan fingerprint density at radius 3 is 3.07 bits per heavy atom. The van der Waals surface area contributed by atoms with E-state index in [1.807, 2.05) is 19.1 Å². The monoisotopic (exact) mass is 283 g/mol. The molecule has 2 aromatic heterocycles. The minimum Gasteiger partial charge on any atom is -0.377 e. The molecule has 0 aromatic carbocycles. The number of nitrogens with one attached hydrogen (secondary N) is 1. The highest BCUT2D eigenvalue weighted by Crippen LogP contribution is 2.19. The van der Waals surface area contributed by atoms with Gasteiger partial charge in [-0.25, -0.2) is 9.97 Å². The van der Waals surface area contributed by atoms with E-state index in [0.717, 1.165) is 27.5 Å². The molecule has 0 aliphatic heterocycles. The van der Waals surface area contributed by atoms with Crippen LogP contribution < -0.4 is 5.32 Å². The first-order valence-corrected chi connectivity index (χ1v) is 6.18. The maximum absolute atomic E-state index is 4.38. The lowest BCUT2D eigenvalue weighted by atomic mass is 10.4. The lowest BCUT2D eigenvalue weighted by Crippen LogP contribution is -2.00. The predicted molar refractivity (Wildman–Crippen MR) is 66.1 cm³/mol. The van der Waals surface area contributed by atoms with Crippen LogP contribution in [0, 0.1) is 6.92 Å². The first-order chi connectivity index (χ1) is 7.25. The van der Waals surface area contributed by atoms with Gasteiger partial charge >= 0.3 is 0 Å². The van der Waals surface area contributed by atoms with Crippen molar-refractivity contribution < 1.29 is 0 Å². The molecule has 0 radical (unpaired) electrons. The molecule has 0 amide bonds. The number of hydrogen-bond donors (Lipinski definition) is 1. The summed E-state index contributed by atoms with van der Waals surface area (Å²) in [6, 6.07) is 3.88. The van der Waals surface area contributed by atoms with Crippen molar-refractivity contribution in [1.82, 2.24) is 9.97 Å². The van der Waals surface area contributed by atoms with Gasteiger partial charge in [0.1, 0.15) is 4.60 Å². The van der Waals surface area contributed by atoms with Crippen molar-refractivity contribution in [2.75, 3.05) is 5.32 Å². The predicted octanol–water partition coefficient (Wildman–Crippen LogP) is 3.22. The first kappa shape index (κ1) is 10.6. The summed E-state index contributed by atoms with van der Waals surface area (Å²) < 4.78 is 0.831. The Hall–Kier alpha value is -0.940. The number of thiazole rings is 1. The van der Waals surface area contributed by atoms with Crippen LogP contribution in [0.3, 0.4) is 0 Å². The van der Waals surface area contributed by atoms with Gasteiger partial charge in [-0.2, -0.15) is 0 Å². The summed E-state index contributed by atoms with van der Waals surface area (Å²) in [4.78, 5) is 8.51. The molecule has 0 aliphatic rings. The van der Waals surface area contributed by atoms with Gasteiger partial charge in [-0.15, -0.1) is 11.3 Å². The van der Waals surface area contributed by atoms with Crippen LogP contribution in [0.4, 0.5) is 5.69 Å². The smallest absolute Gasteiger partial charge is 0.129 e. The molecule has 3 nitrogen and oxygen atoms in total. The number of pyridine rings is 1. The molecule has 1 N–H and O–H groups in total. The molecular weight excluding hydrogens is 274 g/mol. The zero-order valence-electron chi connectivity index (χ0n) is 8.20. The van der Waals surface area contributed by atoms with Crippen LogP contribution in [0.15, 0.2) is 28.3 Å². The minimum atomic E-state index is 0.731. The maximum Gasteiger partial charge on any atom is 0.129 e. The Morgan fingerprint density at radius 1 is 1.53 bits per heavy atom. The van der Waals surface area contributed by atoms with Gasteiger partial charge in [-0.1, -0.05) is 0 Å². The van der Waals surface area contributed by atoms with Gasteiger partial charge in [0, 0.05) is 11.6 Å². The van der Waals surface area contributed by atoms with E-state index < -0.39 is 0 Å². The van der Waals surface area contributed by atoms with E-state index in [2.05, 4.69) is 36.6 Å². The number of nitrogens with zero attached hydrogens (tertiary/aromatic N) is 2. The average Bonchev–Trinajstić information content (AvgIpc) is 2.63. The van der Waals surface area contributed by atoms with Gasteiger partial charge in [0.05, 0.1) is 22.9 Å². The van der Waals surface area contributed by atoms with E-state index in [4.69, 9.17) is 0 Å². The molecule has 0 spiro atoms. The molecule has 2 aromatic rings. The van der Waals surface area contributed by atoms with Gasteiger partial charge in [-0.3, -0.25) is 0 Å². The van der Waals surface area contributed by atoms with Gasteiger partial charge in [0.2, 0.25) is 0 Å². The van der Waals surface area contributed by atoms with Gasteiger partial charge in [-0.05, 0) is 35.0 Å². The Bertz CT molecular complexity index is 455. The molecule has 0 saturated heterocycles. The molecule has 2 heterocycles. The zero-order valence-corrected chi connectivity index (χ0v) is 10.6. The van der Waals surface area contributed by atoms with Crippen LogP contribution >= 0.6 is 27.3 Å². The third kappa shape index (κ3) is 2.76. The van der Waals surface area contributed by atoms with E-state index in [1.165, 1.54) is 0 Å². The minimum absolute atomic E-state index is 0.731. The van der Waals surface area contributed by atoms with Gasteiger partial charge < -0.3 is 5.32 Å². The molecule has 2 rings (SSSR count). The quantitative estimate of drug-likeness (QED) is 0.879. The number of aryl methyl sites for hydroxylation is 1. The Labute approximate surface area is 101 Å². The third-order valence-electron chi connectivity index (χ3n) is 1.89. The van der Waals surface area contributed by atoms with E-state index in [1.54, 1.807) is 17.5 Å². The summed E-state index contributed by atoms with van der Waals surface area (Å²) in [7, 11) is 0. The van der Waals surface area contributed by atoms with Crippen LogP contribution in [0.25, 0.3) is 0 Å². The number of halogens is 1. The van der Waals surface area contributed by atoms with Crippen LogP contribution in [0.1, 0.15) is 10.7 Å². The van der Waals surface area contributed by atoms with Gasteiger partial charge in [0.15, 0.2) is 0 Å². The fourth-order valence-electron chi connectivity index (χ4n) is 1.19. The molecule has 0 fully saturated rings. The highest BCUT2D eigenvalue weighted by atomic mass is 79.9. The second kappa shape index (κ2) is 4.72. The molecule has 78 valence electrons. The lowest BCUT2D eigenvalue weighted by Gasteiger charge is -2.05. The standard InChI is InChI=1S/C10H10BrN3S/c1-7-14-8(6-15-7)5-13-9-3-2-4-12-10(9)11/h2-4,6,13H,5H2,1H3. The van der Waals surface area contributed by atoms with Crippen molar-refractivity contribution >= 4 is 33.0 Å². The largest absolute Gasteiger partial charge is 0.377 e. The topological polar surface area (TPSA) is 37.8 Å². The highest BCUT2D eigenvalue weighted by Gasteiger charge is 2.01. The summed E-state index contributed by atoms with van der Waals surface area (Å²) in [5.41, 5.74) is 2.05. The Kier molecular flexibility index (Phi) is 3.33. The van der Waals surface area contributed by atoms with Crippen molar-refractivity contribution in [3.8, 4) is 0 Å². The number of rotatable bonds is 3. The molecule has 0 atom stereocenters. The fourth-order valence-corrected chi connectivity index (χ4v) is 2.20. The summed E-state index contributed by atoms with van der Waals surface area (Å²) in [5, 5.41) is 6.43. The highest BCUT2D eigenvalue weighted by molar-refractivity contribution is 9.10. The normalized spacial score (nSPS) is 10.3. The number of hydrogen-bond acceptors (Lipinski definition) is 4. The van der Waals surface area contributed by atoms with Crippen molar-refractivity contribution in [2.24, 2.45) is 0 Å². The molecule has 0 saturated carbocycles. The number of aromatic nitrogens is 2. The number of anilines is 1. The molecular formula is C10H10BrN3S. The molecule has 0 unspecified atom stereocenters. The molecule has 0 aliphatic carbocycles. The lowest BCUT2D eigenvalue weighted by molar-refractivity contribution is 1.05. The molecule has 5 heteroatoms. The summed E-state index contributed by atoms with van der Waals surface area (Å²) in [6.07, 6.45) is 1.75. The fraction of sp³-hybridized carbons (Fsp3) is 0.200. The van der Waals surface area contributed by atoms with E-state index in [9.17, 15) is 0 Å². The summed E-state index contributed by atoms with van der Waals surface area (Å²) in [5.74, 6) is 0. The van der Waals surface area contributed by atoms with E-state index >= 15 is 0 Å². The average molecular weight is 284 g/mol. The molecule has 15 heavy (non-hydrogen) atoms. The van der Waals surface area contributed by atoms with E-state index in [0.29, 0.717) is 0 Å². The Balaban J connectivity index is 2.02.